The summed E-state index contributed by atoms with van der Waals surface area (Å²) in [6, 6.07) is 0. The van der Waals surface area contributed by atoms with Gasteiger partial charge in [-0.15, -0.1) is 0 Å². The van der Waals surface area contributed by atoms with E-state index in [9.17, 15) is 0 Å². The van der Waals surface area contributed by atoms with E-state index in [1.165, 1.54) is 0 Å². The Balaban J connectivity index is -0.00000000167. The average Bonchev–Trinajstić information content (AvgIpc) is 1.00. The van der Waals surface area contributed by atoms with Gasteiger partial charge in [-0.25, -0.2) is 0 Å². The first-order chi connectivity index (χ1) is 1.00. The Morgan fingerprint density at radius 3 is 1.20 bits per heavy atom. The molecule has 0 aliphatic heterocycles. The fourth-order valence-electron chi connectivity index (χ4n) is 0. The summed E-state index contributed by atoms with van der Waals surface area (Å²) in [5, 5.41) is 0. The van der Waals surface area contributed by atoms with E-state index in [4.69, 9.17) is 0 Å². The molecule has 0 N–H and O–H groups in total. The molecular formula is H4CuPbS2Zn. The van der Waals surface area contributed by atoms with Gasteiger partial charge in [-0.05, 0) is 0 Å². The van der Waals surface area contributed by atoms with E-state index in [0.717, 1.165) is 0 Å². The van der Waals surface area contributed by atoms with Crippen LogP contribution in [0.25, 0.3) is 0 Å². The van der Waals surface area contributed by atoms with Crippen molar-refractivity contribution in [3.05, 3.63) is 0 Å². The van der Waals surface area contributed by atoms with Crippen LogP contribution in [0, 0.1) is 0 Å². The van der Waals surface area contributed by atoms with Crippen LogP contribution in [-0.4, -0.2) is 27.3 Å². The van der Waals surface area contributed by atoms with Crippen molar-refractivity contribution in [2.75, 3.05) is 0 Å². The normalized spacial score (nSPS) is 1.20. The van der Waals surface area contributed by atoms with Crippen LogP contribution in [-0.2, 0) is 33.9 Å². The topological polar surface area (TPSA) is 0 Å². The molecule has 0 aliphatic rings. The molecule has 0 aromatic carbocycles. The van der Waals surface area contributed by atoms with Gasteiger partial charge >= 0.3 is 52.2 Å². The molecule has 0 atom stereocenters. The third-order valence-corrected chi connectivity index (χ3v) is 0. The van der Waals surface area contributed by atoms with Gasteiger partial charge in [0, 0.05) is 19.5 Å². The molecule has 0 saturated carbocycles. The van der Waals surface area contributed by atoms with E-state index in [2.05, 4.69) is 24.9 Å². The Hall–Kier alpha value is 2.63. The summed E-state index contributed by atoms with van der Waals surface area (Å²) in [5.41, 5.74) is 0. The van der Waals surface area contributed by atoms with E-state index >= 15 is 0 Å². The molecule has 0 fully saturated rings. The van der Waals surface area contributed by atoms with Gasteiger partial charge in [-0.1, -0.05) is 0 Å². The van der Waals surface area contributed by atoms with Crippen molar-refractivity contribution in [2.24, 2.45) is 0 Å². The predicted molar refractivity (Wildman–Crippen MR) is 26.5 cm³/mol. The summed E-state index contributed by atoms with van der Waals surface area (Å²) in [6.45, 7) is 0. The van der Waals surface area contributed by atoms with Crippen molar-refractivity contribution in [1.82, 2.24) is 0 Å². The standard InChI is InChI=1S/Cu.Pb.H2S.S.Zn.2H/h;;1H2;;;;. The summed E-state index contributed by atoms with van der Waals surface area (Å²) in [7, 11) is 3.65. The molecule has 0 aromatic heterocycles. The fraction of sp³-hybridized carbons (Fsp3) is 0. The predicted octanol–water partition coefficient (Wildman–Crippen LogP) is -0.160. The summed E-state index contributed by atoms with van der Waals surface area (Å²) >= 11 is 3.77. The van der Waals surface area contributed by atoms with Gasteiger partial charge in [-0.2, -0.15) is 13.5 Å². The first-order valence-corrected chi connectivity index (χ1v) is 1.52. The molecule has 0 rings (SSSR count). The van der Waals surface area contributed by atoms with Crippen molar-refractivity contribution in [2.45, 2.75) is 0 Å². The van der Waals surface area contributed by atoms with Crippen molar-refractivity contribution in [3.8, 4) is 0 Å². The van der Waals surface area contributed by atoms with Gasteiger partial charge in [-0.3, -0.25) is 0 Å². The van der Waals surface area contributed by atoms with E-state index in [1.807, 2.05) is 0 Å². The summed E-state index contributed by atoms with van der Waals surface area (Å²) in [6.07, 6.45) is 0. The van der Waals surface area contributed by atoms with E-state index in [-0.39, 0.29) is 60.3 Å². The van der Waals surface area contributed by atoms with Gasteiger partial charge in [0.15, 0.2) is 0 Å². The van der Waals surface area contributed by atoms with Crippen LogP contribution in [0.4, 0.5) is 0 Å². The van der Waals surface area contributed by atoms with Crippen molar-refractivity contribution < 1.29 is 33.9 Å². The molecule has 33 valence electrons. The van der Waals surface area contributed by atoms with E-state index in [1.54, 1.807) is 0 Å². The largest absolute Gasteiger partial charge is 0 e. The zero-order valence-electron chi connectivity index (χ0n) is 2.62. The van der Waals surface area contributed by atoms with Gasteiger partial charge in [0.1, 0.15) is 0 Å². The minimum atomic E-state index is 0. The van der Waals surface area contributed by atoms with Gasteiger partial charge < -0.3 is 0 Å². The van der Waals surface area contributed by atoms with Gasteiger partial charge in [0.05, 0.1) is 0 Å². The maximum Gasteiger partial charge on any atom is 0 e. The second-order valence-corrected chi connectivity index (χ2v) is 0. The number of rotatable bonds is 0. The zero-order valence-corrected chi connectivity index (χ0v) is 13.8. The maximum absolute atomic E-state index is 3.77. The summed E-state index contributed by atoms with van der Waals surface area (Å²) < 4.78 is 0. The first kappa shape index (κ1) is 25.4. The second-order valence-electron chi connectivity index (χ2n) is 0. The maximum atomic E-state index is 3.77. The molecule has 5 heteroatoms. The SMILES string of the molecule is S.[PbH2].[S]=[Cu].[Zn]. The van der Waals surface area contributed by atoms with Crippen LogP contribution in [0.1, 0.15) is 0 Å². The van der Waals surface area contributed by atoms with Crippen molar-refractivity contribution in [3.63, 3.8) is 0 Å². The molecule has 0 aliphatic carbocycles. The fourth-order valence-corrected chi connectivity index (χ4v) is 0. The molecule has 0 amide bonds. The average molecular weight is 404 g/mol. The zero-order chi connectivity index (χ0) is 2.00. The molecule has 0 nitrogen and oxygen atoms in total. The summed E-state index contributed by atoms with van der Waals surface area (Å²) in [5.74, 6) is 0. The molecular weight excluding hydrogens is 400 g/mol. The van der Waals surface area contributed by atoms with Crippen LogP contribution < -0.4 is 0 Å². The Labute approximate surface area is 83.9 Å². The quantitative estimate of drug-likeness (QED) is 0.506. The molecule has 0 bridgehead atoms. The van der Waals surface area contributed by atoms with Crippen LogP contribution in [0.2, 0.25) is 0 Å². The van der Waals surface area contributed by atoms with Crippen molar-refractivity contribution in [1.29, 1.82) is 0 Å². The Kier molecular flexibility index (Phi) is 154. The Morgan fingerprint density at radius 2 is 1.20 bits per heavy atom. The van der Waals surface area contributed by atoms with Crippen LogP contribution >= 0.6 is 24.0 Å². The molecule has 2 radical (unpaired) electrons. The Bertz CT molecular complexity index is 9.61. The summed E-state index contributed by atoms with van der Waals surface area (Å²) in [4.78, 5) is 0. The molecule has 0 aromatic rings. The molecule has 0 heterocycles. The second kappa shape index (κ2) is 30.3. The minimum Gasteiger partial charge on any atom is 0 e. The van der Waals surface area contributed by atoms with Crippen molar-refractivity contribution >= 4 is 51.3 Å². The third kappa shape index (κ3) is 20.5. The first-order valence-electron chi connectivity index (χ1n) is 0.123. The van der Waals surface area contributed by atoms with Crippen LogP contribution in [0.5, 0.6) is 0 Å². The van der Waals surface area contributed by atoms with E-state index in [0.29, 0.717) is 0 Å². The van der Waals surface area contributed by atoms with Crippen LogP contribution in [0.3, 0.4) is 0 Å². The Morgan fingerprint density at radius 1 is 1.20 bits per heavy atom. The minimum absolute atomic E-state index is 0. The third-order valence-electron chi connectivity index (χ3n) is 0. The van der Waals surface area contributed by atoms with Gasteiger partial charge in [0.25, 0.3) is 0 Å². The molecule has 0 unspecified atom stereocenters. The monoisotopic (exact) mass is 403 g/mol. The number of hydrogen-bond donors (Lipinski definition) is 0. The van der Waals surface area contributed by atoms with E-state index < -0.39 is 0 Å². The van der Waals surface area contributed by atoms with Crippen LogP contribution in [0.15, 0.2) is 0 Å². The smallest absolute Gasteiger partial charge is 0 e. The van der Waals surface area contributed by atoms with Gasteiger partial charge in [0.2, 0.25) is 0 Å². The molecule has 0 spiro atoms. The number of hydrogen-bond acceptors (Lipinski definition) is 1. The molecule has 5 heavy (non-hydrogen) atoms. The molecule has 0 saturated heterocycles.